The van der Waals surface area contributed by atoms with Gasteiger partial charge < -0.3 is 5.21 Å². The van der Waals surface area contributed by atoms with Crippen LogP contribution in [0.1, 0.15) is 19.4 Å². The third-order valence-electron chi connectivity index (χ3n) is 2.39. The Morgan fingerprint density at radius 2 is 1.83 bits per heavy atom. The van der Waals surface area contributed by atoms with Gasteiger partial charge in [-0.05, 0) is 19.9 Å². The van der Waals surface area contributed by atoms with E-state index in [1.165, 1.54) is 5.01 Å². The van der Waals surface area contributed by atoms with Crippen LogP contribution in [0, 0.1) is 5.21 Å². The van der Waals surface area contributed by atoms with Gasteiger partial charge in [0.2, 0.25) is 3.79 Å². The maximum atomic E-state index is 12.0. The lowest BCUT2D eigenvalue weighted by Crippen LogP contribution is -2.22. The predicted molar refractivity (Wildman–Crippen MR) is 74.3 cm³/mol. The fourth-order valence-electron chi connectivity index (χ4n) is 1.16. The Balaban J connectivity index is 3.18. The molecule has 0 N–H and O–H groups in total. The van der Waals surface area contributed by atoms with Gasteiger partial charge in [-0.1, -0.05) is 53.0 Å². The average Bonchev–Trinajstić information content (AvgIpc) is 2.27. The molecule has 0 saturated carbocycles. The Morgan fingerprint density at radius 1 is 1.28 bits per heavy atom. The van der Waals surface area contributed by atoms with Crippen LogP contribution in [-0.2, 0) is 3.79 Å². The standard InChI is InChI=1S/C11H14Cl3N3O/c1-8(2)16(3)15-17(18)10-7-5-4-6-9(10)11(12,13)14/h4-8H,1-3H3/b17-15-. The molecule has 0 radical (unpaired) electrons. The first-order valence-corrected chi connectivity index (χ1v) is 6.44. The van der Waals surface area contributed by atoms with Gasteiger partial charge in [0.05, 0.1) is 17.8 Å². The molecule has 0 amide bonds. The number of halogens is 3. The summed E-state index contributed by atoms with van der Waals surface area (Å²) in [5.74, 6) is 0. The van der Waals surface area contributed by atoms with Crippen LogP contribution >= 0.6 is 34.8 Å². The molecule has 0 heterocycles. The van der Waals surface area contributed by atoms with Crippen molar-refractivity contribution >= 4 is 40.5 Å². The van der Waals surface area contributed by atoms with Crippen molar-refractivity contribution in [3.8, 4) is 0 Å². The monoisotopic (exact) mass is 309 g/mol. The molecule has 18 heavy (non-hydrogen) atoms. The molecule has 1 aromatic carbocycles. The van der Waals surface area contributed by atoms with Gasteiger partial charge in [0.25, 0.3) is 0 Å². The van der Waals surface area contributed by atoms with Crippen molar-refractivity contribution < 1.29 is 4.86 Å². The molecule has 0 spiro atoms. The Labute approximate surface area is 121 Å². The summed E-state index contributed by atoms with van der Waals surface area (Å²) in [7, 11) is 1.70. The molecule has 0 aliphatic heterocycles. The highest BCUT2D eigenvalue weighted by atomic mass is 35.6. The average molecular weight is 311 g/mol. The summed E-state index contributed by atoms with van der Waals surface area (Å²) in [6.07, 6.45) is 0. The zero-order valence-corrected chi connectivity index (χ0v) is 12.5. The molecule has 0 aromatic heterocycles. The zero-order valence-electron chi connectivity index (χ0n) is 10.3. The van der Waals surface area contributed by atoms with Crippen molar-refractivity contribution in [2.45, 2.75) is 23.7 Å². The largest absolute Gasteiger partial charge is 0.691 e. The van der Waals surface area contributed by atoms with E-state index in [1.807, 2.05) is 13.8 Å². The van der Waals surface area contributed by atoms with Gasteiger partial charge in [-0.25, -0.2) is 0 Å². The van der Waals surface area contributed by atoms with Crippen LogP contribution in [0.5, 0.6) is 0 Å². The second-order valence-corrected chi connectivity index (χ2v) is 6.33. The van der Waals surface area contributed by atoms with Crippen molar-refractivity contribution in [2.75, 3.05) is 7.05 Å². The molecule has 0 fully saturated rings. The summed E-state index contributed by atoms with van der Waals surface area (Å²) >= 11 is 17.5. The Morgan fingerprint density at radius 3 is 2.33 bits per heavy atom. The lowest BCUT2D eigenvalue weighted by Gasteiger charge is -2.18. The molecule has 4 nitrogen and oxygen atoms in total. The third-order valence-corrected chi connectivity index (χ3v) is 3.00. The van der Waals surface area contributed by atoms with Gasteiger partial charge in [0.15, 0.2) is 5.69 Å². The van der Waals surface area contributed by atoms with Gasteiger partial charge in [-0.15, -0.1) is 4.86 Å². The van der Waals surface area contributed by atoms with E-state index >= 15 is 0 Å². The van der Waals surface area contributed by atoms with Gasteiger partial charge in [0, 0.05) is 0 Å². The number of alkyl halides is 3. The lowest BCUT2D eigenvalue weighted by molar-refractivity contribution is -0.462. The smallest absolute Gasteiger partial charge is 0.220 e. The highest BCUT2D eigenvalue weighted by Gasteiger charge is 2.28. The molecule has 0 saturated heterocycles. The normalized spacial score (nSPS) is 12.9. The highest BCUT2D eigenvalue weighted by molar-refractivity contribution is 6.67. The lowest BCUT2D eigenvalue weighted by atomic mass is 10.2. The molecule has 0 aliphatic carbocycles. The van der Waals surface area contributed by atoms with Gasteiger partial charge in [-0.3, -0.25) is 0 Å². The topological polar surface area (TPSA) is 41.7 Å². The van der Waals surface area contributed by atoms with Gasteiger partial charge >= 0.3 is 0 Å². The Kier molecular flexibility index (Phi) is 5.08. The minimum atomic E-state index is -1.66. The van der Waals surface area contributed by atoms with Crippen LogP contribution in [0.25, 0.3) is 0 Å². The van der Waals surface area contributed by atoms with Crippen LogP contribution in [0.3, 0.4) is 0 Å². The minimum Gasteiger partial charge on any atom is -0.691 e. The first-order chi connectivity index (χ1) is 8.23. The van der Waals surface area contributed by atoms with Crippen molar-refractivity contribution in [1.29, 1.82) is 0 Å². The maximum Gasteiger partial charge on any atom is 0.220 e. The van der Waals surface area contributed by atoms with Crippen molar-refractivity contribution in [2.24, 2.45) is 5.22 Å². The summed E-state index contributed by atoms with van der Waals surface area (Å²) in [6, 6.07) is 6.62. The predicted octanol–water partition coefficient (Wildman–Crippen LogP) is 4.36. The van der Waals surface area contributed by atoms with Crippen LogP contribution in [0.15, 0.2) is 29.5 Å². The van der Waals surface area contributed by atoms with E-state index in [0.29, 0.717) is 10.4 Å². The van der Waals surface area contributed by atoms with E-state index in [1.54, 1.807) is 31.3 Å². The van der Waals surface area contributed by atoms with Crippen molar-refractivity contribution in [1.82, 2.24) is 5.01 Å². The van der Waals surface area contributed by atoms with E-state index in [9.17, 15) is 5.21 Å². The van der Waals surface area contributed by atoms with E-state index < -0.39 is 3.79 Å². The van der Waals surface area contributed by atoms with Gasteiger partial charge in [0.1, 0.15) is 6.04 Å². The number of hydrogen-bond acceptors (Lipinski definition) is 2. The zero-order chi connectivity index (χ0) is 13.9. The Hall–Kier alpha value is -0.710. The van der Waals surface area contributed by atoms with Crippen LogP contribution < -0.4 is 0 Å². The van der Waals surface area contributed by atoms with E-state index in [-0.39, 0.29) is 11.7 Å². The first-order valence-electron chi connectivity index (χ1n) is 5.31. The second-order valence-electron chi connectivity index (χ2n) is 4.04. The quantitative estimate of drug-likeness (QED) is 0.360. The molecular formula is C11H14Cl3N3O. The summed E-state index contributed by atoms with van der Waals surface area (Å²) in [5, 5.41) is 17.3. The first kappa shape index (κ1) is 15.3. The Bertz CT molecular complexity index is 443. The maximum absolute atomic E-state index is 12.0. The summed E-state index contributed by atoms with van der Waals surface area (Å²) in [5.41, 5.74) is 0.510. The van der Waals surface area contributed by atoms with E-state index in [4.69, 9.17) is 34.8 Å². The number of para-hydroxylation sites is 1. The van der Waals surface area contributed by atoms with Gasteiger partial charge in [-0.2, -0.15) is 5.01 Å². The number of benzene rings is 1. The summed E-state index contributed by atoms with van der Waals surface area (Å²) in [6.45, 7) is 3.83. The van der Waals surface area contributed by atoms with E-state index in [2.05, 4.69) is 5.22 Å². The second kappa shape index (κ2) is 5.95. The summed E-state index contributed by atoms with van der Waals surface area (Å²) < 4.78 is -1.66. The third kappa shape index (κ3) is 3.90. The molecular weight excluding hydrogens is 296 g/mol. The molecule has 0 aliphatic rings. The molecule has 1 aromatic rings. The highest BCUT2D eigenvalue weighted by Crippen LogP contribution is 2.42. The molecule has 0 unspecified atom stereocenters. The fraction of sp³-hybridized carbons (Fsp3) is 0.455. The van der Waals surface area contributed by atoms with Crippen molar-refractivity contribution in [3.63, 3.8) is 0 Å². The SMILES string of the molecule is CC(C)N(C)/N=[N+](\[O-])c1ccccc1C(Cl)(Cl)Cl. The summed E-state index contributed by atoms with van der Waals surface area (Å²) in [4.78, 5) is 0.456. The molecule has 7 heteroatoms. The number of rotatable bonds is 3. The van der Waals surface area contributed by atoms with Crippen LogP contribution in [0.4, 0.5) is 5.69 Å². The van der Waals surface area contributed by atoms with E-state index in [0.717, 1.165) is 0 Å². The molecule has 0 bridgehead atoms. The van der Waals surface area contributed by atoms with Crippen molar-refractivity contribution in [3.05, 3.63) is 35.0 Å². The van der Waals surface area contributed by atoms with Crippen LogP contribution in [-0.4, -0.2) is 23.0 Å². The van der Waals surface area contributed by atoms with Crippen LogP contribution in [0.2, 0.25) is 0 Å². The number of hydrogen-bond donors (Lipinski definition) is 0. The fourth-order valence-corrected chi connectivity index (χ4v) is 1.64. The number of nitrogens with zero attached hydrogens (tertiary/aromatic N) is 3. The molecule has 1 rings (SSSR count). The minimum absolute atomic E-state index is 0.0985. The molecule has 100 valence electrons. The molecule has 0 atom stereocenters.